The predicted molar refractivity (Wildman–Crippen MR) is 151 cm³/mol. The number of phenolic OH excluding ortho intramolecular Hbond substituents is 1. The lowest BCUT2D eigenvalue weighted by atomic mass is 9.48. The van der Waals surface area contributed by atoms with Crippen LogP contribution >= 0.6 is 0 Å². The summed E-state index contributed by atoms with van der Waals surface area (Å²) >= 11 is 0. The molecule has 9 heteroatoms. The molecule has 0 unspecified atom stereocenters. The third-order valence-electron chi connectivity index (χ3n) is 10.4. The van der Waals surface area contributed by atoms with E-state index in [-0.39, 0.29) is 36.0 Å². The average molecular weight is 555 g/mol. The Morgan fingerprint density at radius 1 is 1.10 bits per heavy atom. The van der Waals surface area contributed by atoms with Crippen LogP contribution < -0.4 is 15.4 Å². The molecule has 8 rings (SSSR count). The summed E-state index contributed by atoms with van der Waals surface area (Å²) in [5, 5.41) is 31.0. The summed E-state index contributed by atoms with van der Waals surface area (Å²) in [6.07, 6.45) is 6.18. The van der Waals surface area contributed by atoms with Crippen LogP contribution in [0.1, 0.15) is 53.7 Å². The monoisotopic (exact) mass is 554 g/mol. The fourth-order valence-electron chi connectivity index (χ4n) is 8.35. The first-order valence-electron chi connectivity index (χ1n) is 14.8. The predicted octanol–water partition coefficient (Wildman–Crippen LogP) is 2.42. The van der Waals surface area contributed by atoms with Gasteiger partial charge < -0.3 is 25.6 Å². The molecule has 2 saturated carbocycles. The Morgan fingerprint density at radius 3 is 2.76 bits per heavy atom. The summed E-state index contributed by atoms with van der Waals surface area (Å²) in [4.78, 5) is 32.7. The van der Waals surface area contributed by atoms with Gasteiger partial charge in [-0.15, -0.1) is 0 Å². The standard InChI is InChI=1S/C32H34N4O5/c37-24-8-7-20-14-25-32(40)10-9-22(29-31(32,27(20)28(24)41-29)11-12-36(25)17-18-5-6-18)35-26(38)16-34-30(39)23-13-19-3-1-2-4-21(19)15-33-23/h1-4,7-8,13,15,18,22,25,29,37,40H,5-6,9-12,14,16-17H2,(H,34,39)(H,35,38)/t22-,25+,29-,31-,32+/m0/s1. The number of carbonyl (C=O) groups is 2. The van der Waals surface area contributed by atoms with Crippen molar-refractivity contribution < 1.29 is 24.5 Å². The summed E-state index contributed by atoms with van der Waals surface area (Å²) in [6.45, 7) is 1.67. The van der Waals surface area contributed by atoms with Crippen LogP contribution in [-0.4, -0.2) is 75.3 Å². The molecule has 3 aromatic rings. The number of aliphatic hydroxyl groups is 1. The van der Waals surface area contributed by atoms with Crippen molar-refractivity contribution in [1.82, 2.24) is 20.5 Å². The Morgan fingerprint density at radius 2 is 1.93 bits per heavy atom. The number of piperidine rings is 1. The number of likely N-dealkylation sites (tertiary alicyclic amines) is 1. The van der Waals surface area contributed by atoms with Gasteiger partial charge in [0.2, 0.25) is 5.91 Å². The van der Waals surface area contributed by atoms with E-state index in [0.717, 1.165) is 47.3 Å². The number of phenols is 1. The van der Waals surface area contributed by atoms with E-state index in [0.29, 0.717) is 25.0 Å². The molecule has 1 spiro atoms. The van der Waals surface area contributed by atoms with Crippen LogP contribution in [0.5, 0.6) is 11.5 Å². The van der Waals surface area contributed by atoms with Crippen molar-refractivity contribution in [2.45, 2.75) is 67.7 Å². The van der Waals surface area contributed by atoms with Crippen LogP contribution in [0.25, 0.3) is 10.8 Å². The van der Waals surface area contributed by atoms with E-state index in [9.17, 15) is 19.8 Å². The number of hydrogen-bond donors (Lipinski definition) is 4. The molecule has 4 N–H and O–H groups in total. The van der Waals surface area contributed by atoms with Crippen LogP contribution in [0.3, 0.4) is 0 Å². The molecule has 1 aromatic heterocycles. The molecule has 2 aromatic carbocycles. The van der Waals surface area contributed by atoms with Gasteiger partial charge in [0.1, 0.15) is 11.8 Å². The van der Waals surface area contributed by atoms with Crippen molar-refractivity contribution in [2.24, 2.45) is 5.92 Å². The topological polar surface area (TPSA) is 124 Å². The normalized spacial score (nSPS) is 31.3. The Balaban J connectivity index is 1.03. The second-order valence-corrected chi connectivity index (χ2v) is 12.6. The lowest BCUT2D eigenvalue weighted by Gasteiger charge is -2.64. The number of aromatic nitrogens is 1. The Kier molecular flexibility index (Phi) is 5.44. The number of ether oxygens (including phenoxy) is 1. The largest absolute Gasteiger partial charge is 0.504 e. The van der Waals surface area contributed by atoms with Gasteiger partial charge in [0.05, 0.1) is 23.6 Å². The van der Waals surface area contributed by atoms with Gasteiger partial charge in [0, 0.05) is 29.7 Å². The summed E-state index contributed by atoms with van der Waals surface area (Å²) in [6, 6.07) is 12.7. The number of benzene rings is 2. The van der Waals surface area contributed by atoms with Crippen LogP contribution in [0.2, 0.25) is 0 Å². The summed E-state index contributed by atoms with van der Waals surface area (Å²) in [7, 11) is 0. The van der Waals surface area contributed by atoms with Gasteiger partial charge in [0.15, 0.2) is 11.5 Å². The first-order valence-corrected chi connectivity index (χ1v) is 14.8. The highest BCUT2D eigenvalue weighted by atomic mass is 16.5. The van der Waals surface area contributed by atoms with Crippen molar-refractivity contribution in [3.63, 3.8) is 0 Å². The van der Waals surface area contributed by atoms with Gasteiger partial charge in [-0.05, 0) is 74.1 Å². The molecule has 9 nitrogen and oxygen atoms in total. The zero-order chi connectivity index (χ0) is 27.9. The lowest BCUT2D eigenvalue weighted by molar-refractivity contribution is -0.192. The number of amides is 2. The molecule has 2 bridgehead atoms. The molecule has 0 radical (unpaired) electrons. The van der Waals surface area contributed by atoms with Gasteiger partial charge >= 0.3 is 0 Å². The minimum Gasteiger partial charge on any atom is -0.504 e. The quantitative estimate of drug-likeness (QED) is 0.369. The van der Waals surface area contributed by atoms with Gasteiger partial charge in [-0.1, -0.05) is 30.3 Å². The molecule has 3 fully saturated rings. The number of pyridine rings is 1. The third kappa shape index (κ3) is 3.64. The highest BCUT2D eigenvalue weighted by molar-refractivity contribution is 5.98. The number of nitrogens with zero attached hydrogens (tertiary/aromatic N) is 2. The first kappa shape index (κ1) is 25.1. The summed E-state index contributed by atoms with van der Waals surface area (Å²) < 4.78 is 6.51. The number of carbonyl (C=O) groups excluding carboxylic acids is 2. The molecule has 1 saturated heterocycles. The van der Waals surface area contributed by atoms with Crippen molar-refractivity contribution in [3.8, 4) is 11.5 Å². The molecule has 3 aliphatic carbocycles. The minimum atomic E-state index is -1.01. The number of aromatic hydroxyl groups is 1. The van der Waals surface area contributed by atoms with E-state index in [2.05, 4.69) is 20.5 Å². The zero-order valence-electron chi connectivity index (χ0n) is 22.8. The highest BCUT2D eigenvalue weighted by Crippen LogP contribution is 2.65. The third-order valence-corrected chi connectivity index (χ3v) is 10.4. The van der Waals surface area contributed by atoms with Crippen molar-refractivity contribution in [2.75, 3.05) is 19.6 Å². The van der Waals surface area contributed by atoms with Gasteiger partial charge in [-0.3, -0.25) is 19.5 Å². The lowest BCUT2D eigenvalue weighted by Crippen LogP contribution is -2.78. The summed E-state index contributed by atoms with van der Waals surface area (Å²) in [5.41, 5.74) is 0.600. The zero-order valence-corrected chi connectivity index (χ0v) is 22.8. The number of nitrogens with one attached hydrogen (secondary N) is 2. The van der Waals surface area contributed by atoms with E-state index in [4.69, 9.17) is 4.74 Å². The molecule has 5 aliphatic rings. The van der Waals surface area contributed by atoms with Gasteiger partial charge in [0.25, 0.3) is 5.91 Å². The maximum absolute atomic E-state index is 13.2. The van der Waals surface area contributed by atoms with Crippen molar-refractivity contribution in [1.29, 1.82) is 0 Å². The van der Waals surface area contributed by atoms with Crippen molar-refractivity contribution >= 4 is 22.6 Å². The van der Waals surface area contributed by atoms with Gasteiger partial charge in [-0.2, -0.15) is 0 Å². The molecular formula is C32H34N4O5. The van der Waals surface area contributed by atoms with E-state index >= 15 is 0 Å². The second-order valence-electron chi connectivity index (χ2n) is 12.6. The fourth-order valence-corrected chi connectivity index (χ4v) is 8.35. The van der Waals surface area contributed by atoms with E-state index in [1.165, 1.54) is 12.8 Å². The smallest absolute Gasteiger partial charge is 0.270 e. The summed E-state index contributed by atoms with van der Waals surface area (Å²) in [5.74, 6) is 0.509. The number of rotatable bonds is 6. The van der Waals surface area contributed by atoms with E-state index < -0.39 is 23.0 Å². The maximum atomic E-state index is 13.2. The molecule has 5 atom stereocenters. The van der Waals surface area contributed by atoms with E-state index in [1.807, 2.05) is 30.3 Å². The Bertz CT molecular complexity index is 1590. The molecule has 212 valence electrons. The van der Waals surface area contributed by atoms with Gasteiger partial charge in [-0.25, -0.2) is 0 Å². The van der Waals surface area contributed by atoms with Crippen molar-refractivity contribution in [3.05, 3.63) is 65.5 Å². The molecule has 2 amide bonds. The minimum absolute atomic E-state index is 0.0173. The van der Waals surface area contributed by atoms with E-state index in [1.54, 1.807) is 18.3 Å². The SMILES string of the molecule is O=C(CNC(=O)c1cc2ccccc2cn1)N[C@H]1CC[C@@]2(O)[C@H]3Cc4ccc(O)c5c4[C@@]2(CCN3CC2CC2)[C@H]1O5. The van der Waals surface area contributed by atoms with Crippen LogP contribution in [-0.2, 0) is 16.6 Å². The first-order chi connectivity index (χ1) is 19.9. The Labute approximate surface area is 237 Å². The van der Waals surface area contributed by atoms with Crippen LogP contribution in [0, 0.1) is 5.92 Å². The Hall–Kier alpha value is -3.69. The maximum Gasteiger partial charge on any atom is 0.270 e. The highest BCUT2D eigenvalue weighted by Gasteiger charge is 2.73. The van der Waals surface area contributed by atoms with Crippen LogP contribution in [0.15, 0.2) is 48.7 Å². The molecule has 41 heavy (non-hydrogen) atoms. The number of hydrogen-bond acceptors (Lipinski definition) is 7. The van der Waals surface area contributed by atoms with Crippen LogP contribution in [0.4, 0.5) is 0 Å². The average Bonchev–Trinajstić information content (AvgIpc) is 3.72. The molecule has 2 aliphatic heterocycles. The number of fused-ring (bicyclic) bond motifs is 1. The second kappa shape index (κ2) is 8.90. The molecular weight excluding hydrogens is 520 g/mol. The fraction of sp³-hybridized carbons (Fsp3) is 0.469. The molecule has 3 heterocycles.